The number of carbonyl (C=O) groups excluding carboxylic acids is 1. The maximum absolute atomic E-state index is 12.8. The zero-order valence-corrected chi connectivity index (χ0v) is 14.9. The van der Waals surface area contributed by atoms with Crippen molar-refractivity contribution in [2.45, 2.75) is 24.9 Å². The van der Waals surface area contributed by atoms with Gasteiger partial charge < -0.3 is 10.4 Å². The molecule has 7 heteroatoms. The van der Waals surface area contributed by atoms with Crippen molar-refractivity contribution in [3.8, 4) is 0 Å². The van der Waals surface area contributed by atoms with E-state index in [4.69, 9.17) is 0 Å². The minimum Gasteiger partial charge on any atom is -0.395 e. The molecule has 6 nitrogen and oxygen atoms in total. The molecule has 2 aromatic carbocycles. The quantitative estimate of drug-likeness (QED) is 0.745. The first-order chi connectivity index (χ1) is 11.9. The van der Waals surface area contributed by atoms with Gasteiger partial charge in [0.2, 0.25) is 15.9 Å². The lowest BCUT2D eigenvalue weighted by Crippen LogP contribution is -2.33. The molecule has 0 saturated heterocycles. The van der Waals surface area contributed by atoms with Gasteiger partial charge in [-0.05, 0) is 23.3 Å². The largest absolute Gasteiger partial charge is 0.395 e. The van der Waals surface area contributed by atoms with Gasteiger partial charge in [0.05, 0.1) is 11.5 Å². The summed E-state index contributed by atoms with van der Waals surface area (Å²) in [6, 6.07) is 15.6. The summed E-state index contributed by atoms with van der Waals surface area (Å²) < 4.78 is 27.0. The summed E-state index contributed by atoms with van der Waals surface area (Å²) in [7, 11) is -3.72. The Labute approximate surface area is 148 Å². The van der Waals surface area contributed by atoms with E-state index in [-0.39, 0.29) is 30.5 Å². The van der Waals surface area contributed by atoms with E-state index in [1.165, 1.54) is 23.4 Å². The van der Waals surface area contributed by atoms with Gasteiger partial charge in [0, 0.05) is 26.6 Å². The molecule has 0 bridgehead atoms. The van der Waals surface area contributed by atoms with Crippen LogP contribution < -0.4 is 5.32 Å². The van der Waals surface area contributed by atoms with E-state index in [2.05, 4.69) is 5.32 Å². The van der Waals surface area contributed by atoms with Gasteiger partial charge in [0.25, 0.3) is 0 Å². The van der Waals surface area contributed by atoms with E-state index in [0.29, 0.717) is 6.54 Å². The van der Waals surface area contributed by atoms with Gasteiger partial charge in [-0.3, -0.25) is 4.79 Å². The number of benzene rings is 2. The molecule has 0 fully saturated rings. The molecule has 2 rings (SSSR count). The Kier molecular flexibility index (Phi) is 6.69. The van der Waals surface area contributed by atoms with Gasteiger partial charge in [-0.15, -0.1) is 0 Å². The lowest BCUT2D eigenvalue weighted by Gasteiger charge is -2.21. The van der Waals surface area contributed by atoms with Crippen molar-refractivity contribution >= 4 is 15.9 Å². The zero-order valence-electron chi connectivity index (χ0n) is 14.1. The first-order valence-corrected chi connectivity index (χ1v) is 9.36. The standard InChI is InChI=1S/C18H22N2O4S/c1-15(22)19-13-16-7-9-18(10-8-16)25(23,24)20(11-12-21)14-17-5-3-2-4-6-17/h2-10,21H,11-14H2,1H3,(H,19,22). The van der Waals surface area contributed by atoms with E-state index >= 15 is 0 Å². The van der Waals surface area contributed by atoms with Gasteiger partial charge in [0.15, 0.2) is 0 Å². The summed E-state index contributed by atoms with van der Waals surface area (Å²) in [5, 5.41) is 11.9. The molecule has 2 aromatic rings. The molecule has 0 heterocycles. The molecule has 2 N–H and O–H groups in total. The molecule has 1 amide bonds. The first-order valence-electron chi connectivity index (χ1n) is 7.92. The monoisotopic (exact) mass is 362 g/mol. The van der Waals surface area contributed by atoms with Crippen LogP contribution in [0, 0.1) is 0 Å². The number of hydrogen-bond donors (Lipinski definition) is 2. The van der Waals surface area contributed by atoms with Crippen molar-refractivity contribution in [1.29, 1.82) is 0 Å². The van der Waals surface area contributed by atoms with Crippen LogP contribution in [0.15, 0.2) is 59.5 Å². The molecule has 0 saturated carbocycles. The van der Waals surface area contributed by atoms with Crippen molar-refractivity contribution in [2.75, 3.05) is 13.2 Å². The second kappa shape index (κ2) is 8.75. The number of sulfonamides is 1. The molecule has 0 aromatic heterocycles. The Balaban J connectivity index is 2.19. The summed E-state index contributed by atoms with van der Waals surface area (Å²) in [6.45, 7) is 1.73. The second-order valence-electron chi connectivity index (χ2n) is 5.60. The number of nitrogens with one attached hydrogen (secondary N) is 1. The summed E-state index contributed by atoms with van der Waals surface area (Å²) >= 11 is 0. The van der Waals surface area contributed by atoms with Gasteiger partial charge in [-0.1, -0.05) is 42.5 Å². The highest BCUT2D eigenvalue weighted by atomic mass is 32.2. The molecular formula is C18H22N2O4S. The van der Waals surface area contributed by atoms with Crippen molar-refractivity contribution in [3.05, 3.63) is 65.7 Å². The lowest BCUT2D eigenvalue weighted by molar-refractivity contribution is -0.119. The van der Waals surface area contributed by atoms with Gasteiger partial charge in [-0.25, -0.2) is 8.42 Å². The summed E-state index contributed by atoms with van der Waals surface area (Å²) in [5.74, 6) is -0.145. The number of nitrogens with zero attached hydrogens (tertiary/aromatic N) is 1. The maximum Gasteiger partial charge on any atom is 0.243 e. The van der Waals surface area contributed by atoms with E-state index in [9.17, 15) is 18.3 Å². The summed E-state index contributed by atoms with van der Waals surface area (Å²) in [4.78, 5) is 11.1. The average molecular weight is 362 g/mol. The Hall–Kier alpha value is -2.22. The third-order valence-corrected chi connectivity index (χ3v) is 5.51. The van der Waals surface area contributed by atoms with E-state index in [1.54, 1.807) is 12.1 Å². The topological polar surface area (TPSA) is 86.7 Å². The van der Waals surface area contributed by atoms with Crippen molar-refractivity contribution in [1.82, 2.24) is 9.62 Å². The predicted molar refractivity (Wildman–Crippen MR) is 95.1 cm³/mol. The number of hydrogen-bond acceptors (Lipinski definition) is 4. The van der Waals surface area contributed by atoms with Crippen molar-refractivity contribution < 1.29 is 18.3 Å². The van der Waals surface area contributed by atoms with Crippen LogP contribution in [-0.4, -0.2) is 36.9 Å². The van der Waals surface area contributed by atoms with Crippen LogP contribution in [0.25, 0.3) is 0 Å². The highest BCUT2D eigenvalue weighted by Crippen LogP contribution is 2.19. The first kappa shape index (κ1) is 19.1. The molecule has 0 aliphatic carbocycles. The third-order valence-electron chi connectivity index (χ3n) is 3.65. The second-order valence-corrected chi connectivity index (χ2v) is 7.54. The van der Waals surface area contributed by atoms with E-state index in [1.807, 2.05) is 30.3 Å². The SMILES string of the molecule is CC(=O)NCc1ccc(S(=O)(=O)N(CCO)Cc2ccccc2)cc1. The zero-order chi connectivity index (χ0) is 18.3. The molecule has 0 radical (unpaired) electrons. The number of rotatable bonds is 8. The normalized spacial score (nSPS) is 11.5. The summed E-state index contributed by atoms with van der Waals surface area (Å²) in [5.41, 5.74) is 1.66. The average Bonchev–Trinajstić information content (AvgIpc) is 2.61. The molecular weight excluding hydrogens is 340 g/mol. The fraction of sp³-hybridized carbons (Fsp3) is 0.278. The smallest absolute Gasteiger partial charge is 0.243 e. The number of aliphatic hydroxyl groups is 1. The molecule has 0 unspecified atom stereocenters. The van der Waals surface area contributed by atoms with Gasteiger partial charge in [-0.2, -0.15) is 4.31 Å². The van der Waals surface area contributed by atoms with Crippen LogP contribution in [0.3, 0.4) is 0 Å². The Morgan fingerprint density at radius 1 is 1.04 bits per heavy atom. The number of aliphatic hydroxyl groups excluding tert-OH is 1. The fourth-order valence-electron chi connectivity index (χ4n) is 2.34. The number of amides is 1. The maximum atomic E-state index is 12.8. The van der Waals surface area contributed by atoms with E-state index < -0.39 is 10.0 Å². The highest BCUT2D eigenvalue weighted by molar-refractivity contribution is 7.89. The Morgan fingerprint density at radius 3 is 2.24 bits per heavy atom. The van der Waals surface area contributed by atoms with E-state index in [0.717, 1.165) is 11.1 Å². The fourth-order valence-corrected chi connectivity index (χ4v) is 3.76. The van der Waals surface area contributed by atoms with Gasteiger partial charge in [0.1, 0.15) is 0 Å². The molecule has 0 atom stereocenters. The van der Waals surface area contributed by atoms with Crippen LogP contribution >= 0.6 is 0 Å². The van der Waals surface area contributed by atoms with Gasteiger partial charge >= 0.3 is 0 Å². The third kappa shape index (κ3) is 5.38. The van der Waals surface area contributed by atoms with Crippen molar-refractivity contribution in [2.24, 2.45) is 0 Å². The minimum absolute atomic E-state index is 0.0187. The van der Waals surface area contributed by atoms with Crippen LogP contribution in [0.4, 0.5) is 0 Å². The van der Waals surface area contributed by atoms with Crippen LogP contribution in [0.5, 0.6) is 0 Å². The molecule has 0 aliphatic rings. The predicted octanol–water partition coefficient (Wildman–Crippen LogP) is 1.51. The van der Waals surface area contributed by atoms with Crippen LogP contribution in [-0.2, 0) is 27.9 Å². The molecule has 134 valence electrons. The Morgan fingerprint density at radius 2 is 1.68 bits per heavy atom. The highest BCUT2D eigenvalue weighted by Gasteiger charge is 2.24. The summed E-state index contributed by atoms with van der Waals surface area (Å²) in [6.07, 6.45) is 0. The van der Waals surface area contributed by atoms with Crippen molar-refractivity contribution in [3.63, 3.8) is 0 Å². The molecule has 0 aliphatic heterocycles. The number of carbonyl (C=O) groups is 1. The van der Waals surface area contributed by atoms with Crippen LogP contribution in [0.1, 0.15) is 18.1 Å². The lowest BCUT2D eigenvalue weighted by atomic mass is 10.2. The van der Waals surface area contributed by atoms with Crippen LogP contribution in [0.2, 0.25) is 0 Å². The minimum atomic E-state index is -3.72. The molecule has 25 heavy (non-hydrogen) atoms. The molecule has 0 spiro atoms. The Bertz CT molecular complexity index is 790.